The van der Waals surface area contributed by atoms with Gasteiger partial charge in [0.1, 0.15) is 5.82 Å². The molecule has 2 heteroatoms. The molecule has 0 aliphatic carbocycles. The van der Waals surface area contributed by atoms with E-state index >= 15 is 0 Å². The van der Waals surface area contributed by atoms with Crippen molar-refractivity contribution in [2.45, 2.75) is 0 Å². The second-order valence-corrected chi connectivity index (χ2v) is 3.16. The maximum Gasteiger partial charge on any atom is 0.123 e. The van der Waals surface area contributed by atoms with Gasteiger partial charge in [0.25, 0.3) is 0 Å². The third-order valence-electron chi connectivity index (χ3n) is 2.14. The Labute approximate surface area is 88.1 Å². The number of rotatable bonds is 2. The van der Waals surface area contributed by atoms with E-state index in [0.717, 1.165) is 11.3 Å². The van der Waals surface area contributed by atoms with Crippen LogP contribution in [0, 0.1) is 5.82 Å². The third-order valence-corrected chi connectivity index (χ3v) is 2.14. The molecule has 1 aromatic carbocycles. The molecule has 0 atom stereocenters. The molecule has 0 amide bonds. The summed E-state index contributed by atoms with van der Waals surface area (Å²) in [4.78, 5) is 1.84. The molecule has 15 heavy (non-hydrogen) atoms. The van der Waals surface area contributed by atoms with Crippen LogP contribution in [-0.4, -0.2) is 4.90 Å². The predicted molar refractivity (Wildman–Crippen MR) is 59.1 cm³/mol. The zero-order valence-electron chi connectivity index (χ0n) is 8.15. The Morgan fingerprint density at radius 3 is 2.60 bits per heavy atom. The van der Waals surface area contributed by atoms with Gasteiger partial charge in [-0.15, -0.1) is 5.73 Å². The van der Waals surface area contributed by atoms with Crippen LogP contribution in [-0.2, 0) is 0 Å². The summed E-state index contributed by atoms with van der Waals surface area (Å²) in [6.45, 7) is 3.95. The van der Waals surface area contributed by atoms with Gasteiger partial charge in [-0.25, -0.2) is 4.39 Å². The van der Waals surface area contributed by atoms with Gasteiger partial charge in [0.15, 0.2) is 0 Å². The summed E-state index contributed by atoms with van der Waals surface area (Å²) in [5, 5.41) is 0. The SMILES string of the molecule is C=C(c1ccc(F)cc1)N1C=C=CC=C1. The Hall–Kier alpha value is -2.05. The fourth-order valence-corrected chi connectivity index (χ4v) is 1.32. The van der Waals surface area contributed by atoms with Gasteiger partial charge >= 0.3 is 0 Å². The lowest BCUT2D eigenvalue weighted by Crippen LogP contribution is -2.07. The Bertz CT molecular complexity index is 462. The van der Waals surface area contributed by atoms with Gasteiger partial charge < -0.3 is 4.90 Å². The lowest BCUT2D eigenvalue weighted by molar-refractivity contribution is 0.627. The highest BCUT2D eigenvalue weighted by molar-refractivity contribution is 5.63. The molecule has 1 aliphatic rings. The van der Waals surface area contributed by atoms with Crippen molar-refractivity contribution in [3.8, 4) is 0 Å². The quantitative estimate of drug-likeness (QED) is 0.660. The minimum atomic E-state index is -0.240. The van der Waals surface area contributed by atoms with Gasteiger partial charge in [-0.1, -0.05) is 6.58 Å². The molecule has 0 saturated heterocycles. The van der Waals surface area contributed by atoms with Crippen LogP contribution in [0.1, 0.15) is 5.56 Å². The molecule has 1 aromatic rings. The van der Waals surface area contributed by atoms with E-state index in [-0.39, 0.29) is 5.82 Å². The molecule has 0 N–H and O–H groups in total. The average Bonchev–Trinajstić information content (AvgIpc) is 2.30. The van der Waals surface area contributed by atoms with Crippen LogP contribution in [0.3, 0.4) is 0 Å². The Kier molecular flexibility index (Phi) is 2.53. The number of halogens is 1. The summed E-state index contributed by atoms with van der Waals surface area (Å²) >= 11 is 0. The first kappa shape index (κ1) is 9.50. The fraction of sp³-hybridized carbons (Fsp3) is 0. The summed E-state index contributed by atoms with van der Waals surface area (Å²) in [7, 11) is 0. The number of hydrogen-bond acceptors (Lipinski definition) is 1. The number of hydrogen-bond donors (Lipinski definition) is 0. The largest absolute Gasteiger partial charge is 0.317 e. The van der Waals surface area contributed by atoms with E-state index in [2.05, 4.69) is 12.3 Å². The molecule has 0 spiro atoms. The molecule has 0 bridgehead atoms. The zero-order valence-corrected chi connectivity index (χ0v) is 8.15. The number of nitrogens with zero attached hydrogens (tertiary/aromatic N) is 1. The van der Waals surface area contributed by atoms with Crippen LogP contribution in [0.15, 0.2) is 61.1 Å². The maximum atomic E-state index is 12.7. The lowest BCUT2D eigenvalue weighted by atomic mass is 10.1. The van der Waals surface area contributed by atoms with Crippen molar-refractivity contribution in [3.05, 3.63) is 72.5 Å². The molecule has 0 aromatic heterocycles. The second-order valence-electron chi connectivity index (χ2n) is 3.16. The van der Waals surface area contributed by atoms with Gasteiger partial charge in [-0.05, 0) is 42.0 Å². The summed E-state index contributed by atoms with van der Waals surface area (Å²) < 4.78 is 12.7. The summed E-state index contributed by atoms with van der Waals surface area (Å²) in [6, 6.07) is 6.26. The monoisotopic (exact) mass is 199 g/mol. The van der Waals surface area contributed by atoms with Gasteiger partial charge in [-0.2, -0.15) is 0 Å². The molecule has 1 nitrogen and oxygen atoms in total. The van der Waals surface area contributed by atoms with Crippen molar-refractivity contribution >= 4 is 5.70 Å². The van der Waals surface area contributed by atoms with Gasteiger partial charge in [0.2, 0.25) is 0 Å². The van der Waals surface area contributed by atoms with Crippen molar-refractivity contribution in [2.24, 2.45) is 0 Å². The molecular formula is C13H10FN. The highest BCUT2D eigenvalue weighted by Gasteiger charge is 2.04. The van der Waals surface area contributed by atoms with Crippen molar-refractivity contribution in [1.82, 2.24) is 4.90 Å². The van der Waals surface area contributed by atoms with E-state index in [1.807, 2.05) is 23.3 Å². The van der Waals surface area contributed by atoms with E-state index in [1.54, 1.807) is 18.3 Å². The molecule has 2 rings (SSSR count). The normalized spacial score (nSPS) is 13.3. The van der Waals surface area contributed by atoms with Crippen LogP contribution in [0.5, 0.6) is 0 Å². The summed E-state index contributed by atoms with van der Waals surface area (Å²) in [5.41, 5.74) is 4.64. The highest BCUT2D eigenvalue weighted by atomic mass is 19.1. The number of allylic oxidation sites excluding steroid dienone is 2. The van der Waals surface area contributed by atoms with E-state index in [1.165, 1.54) is 12.1 Å². The Morgan fingerprint density at radius 1 is 1.27 bits per heavy atom. The zero-order chi connectivity index (χ0) is 10.7. The molecule has 0 unspecified atom stereocenters. The average molecular weight is 199 g/mol. The van der Waals surface area contributed by atoms with E-state index in [0.29, 0.717) is 0 Å². The highest BCUT2D eigenvalue weighted by Crippen LogP contribution is 2.19. The molecule has 0 saturated carbocycles. The smallest absolute Gasteiger partial charge is 0.123 e. The lowest BCUT2D eigenvalue weighted by Gasteiger charge is -2.18. The predicted octanol–water partition coefficient (Wildman–Crippen LogP) is 3.29. The Balaban J connectivity index is 2.25. The first-order valence-electron chi connectivity index (χ1n) is 4.60. The molecule has 0 fully saturated rings. The minimum Gasteiger partial charge on any atom is -0.317 e. The van der Waals surface area contributed by atoms with Crippen LogP contribution in [0.2, 0.25) is 0 Å². The van der Waals surface area contributed by atoms with Crippen molar-refractivity contribution < 1.29 is 4.39 Å². The Morgan fingerprint density at radius 2 is 2.00 bits per heavy atom. The van der Waals surface area contributed by atoms with E-state index < -0.39 is 0 Å². The molecule has 1 aliphatic heterocycles. The first-order chi connectivity index (χ1) is 7.27. The van der Waals surface area contributed by atoms with E-state index in [9.17, 15) is 4.39 Å². The molecule has 1 heterocycles. The molecule has 74 valence electrons. The third kappa shape index (κ3) is 2.06. The molecule has 0 radical (unpaired) electrons. The first-order valence-corrected chi connectivity index (χ1v) is 4.60. The van der Waals surface area contributed by atoms with Crippen LogP contribution < -0.4 is 0 Å². The standard InChI is InChI=1S/C13H10FN/c1-11(15-9-3-2-4-10-15)12-5-7-13(14)8-6-12/h2-3,5-10H,1H2. The summed E-state index contributed by atoms with van der Waals surface area (Å²) in [5.74, 6) is -0.240. The van der Waals surface area contributed by atoms with Crippen molar-refractivity contribution in [1.29, 1.82) is 0 Å². The van der Waals surface area contributed by atoms with E-state index in [4.69, 9.17) is 0 Å². The maximum absolute atomic E-state index is 12.7. The number of benzene rings is 1. The molecular weight excluding hydrogens is 189 g/mol. The van der Waals surface area contributed by atoms with Gasteiger partial charge in [-0.3, -0.25) is 0 Å². The fourth-order valence-electron chi connectivity index (χ4n) is 1.32. The van der Waals surface area contributed by atoms with Crippen molar-refractivity contribution in [2.75, 3.05) is 0 Å². The summed E-state index contributed by atoms with van der Waals surface area (Å²) in [6.07, 6.45) is 7.34. The van der Waals surface area contributed by atoms with Crippen LogP contribution in [0.25, 0.3) is 5.70 Å². The van der Waals surface area contributed by atoms with Crippen LogP contribution >= 0.6 is 0 Å². The van der Waals surface area contributed by atoms with Crippen molar-refractivity contribution in [3.63, 3.8) is 0 Å². The minimum absolute atomic E-state index is 0.240. The second kappa shape index (κ2) is 3.99. The van der Waals surface area contributed by atoms with Gasteiger partial charge in [0, 0.05) is 11.9 Å². The van der Waals surface area contributed by atoms with Gasteiger partial charge in [0.05, 0.1) is 6.20 Å². The van der Waals surface area contributed by atoms with Crippen LogP contribution in [0.4, 0.5) is 4.39 Å². The topological polar surface area (TPSA) is 3.24 Å².